The first kappa shape index (κ1) is 19.1. The Bertz CT molecular complexity index is 1800. The highest BCUT2D eigenvalue weighted by molar-refractivity contribution is 7.27. The molecule has 1 aliphatic rings. The van der Waals surface area contributed by atoms with Gasteiger partial charge in [-0.1, -0.05) is 86.2 Å². The summed E-state index contributed by atoms with van der Waals surface area (Å²) in [6.07, 6.45) is 0. The first-order valence-electron chi connectivity index (χ1n) is 11.6. The van der Waals surface area contributed by atoms with Crippen LogP contribution >= 0.6 is 11.3 Å². The van der Waals surface area contributed by atoms with Gasteiger partial charge < -0.3 is 4.57 Å². The average Bonchev–Trinajstić information content (AvgIpc) is 3.41. The summed E-state index contributed by atoms with van der Waals surface area (Å²) in [5, 5.41) is 5.27. The van der Waals surface area contributed by atoms with Crippen molar-refractivity contribution in [3.63, 3.8) is 0 Å². The van der Waals surface area contributed by atoms with E-state index < -0.39 is 0 Å². The standard InChI is InChI=1S/C31H25NS/c1-18-19(2)31(3,4)27-21(18)16-17-24-28-30(33-29(24)27)23-13-7-8-14-26(23)32(28)25-15-9-11-20-10-5-6-12-22(20)25/h5-17H,1-4H3. The fourth-order valence-corrected chi connectivity index (χ4v) is 7.50. The average molecular weight is 444 g/mol. The van der Waals surface area contributed by atoms with Crippen molar-refractivity contribution in [1.82, 2.24) is 4.57 Å². The van der Waals surface area contributed by atoms with E-state index in [2.05, 4.69) is 111 Å². The molecule has 4 aromatic carbocycles. The zero-order valence-corrected chi connectivity index (χ0v) is 20.2. The summed E-state index contributed by atoms with van der Waals surface area (Å²) >= 11 is 1.98. The van der Waals surface area contributed by atoms with Crippen molar-refractivity contribution < 1.29 is 0 Å². The minimum Gasteiger partial charge on any atom is -0.307 e. The molecule has 6 aromatic rings. The second-order valence-corrected chi connectivity index (χ2v) is 10.9. The minimum absolute atomic E-state index is 0.0569. The smallest absolute Gasteiger partial charge is 0.0728 e. The van der Waals surface area contributed by atoms with E-state index >= 15 is 0 Å². The Hall–Kier alpha value is -3.36. The number of nitrogens with zero attached hydrogens (tertiary/aromatic N) is 1. The quantitative estimate of drug-likeness (QED) is 0.239. The van der Waals surface area contributed by atoms with E-state index in [1.165, 1.54) is 69.9 Å². The molecule has 0 saturated carbocycles. The third-order valence-electron chi connectivity index (χ3n) is 7.98. The van der Waals surface area contributed by atoms with Crippen LogP contribution in [0.2, 0.25) is 0 Å². The van der Waals surface area contributed by atoms with Crippen LogP contribution in [-0.4, -0.2) is 4.57 Å². The Labute approximate surface area is 197 Å². The molecule has 1 nitrogen and oxygen atoms in total. The van der Waals surface area contributed by atoms with Gasteiger partial charge in [-0.3, -0.25) is 0 Å². The summed E-state index contributed by atoms with van der Waals surface area (Å²) in [7, 11) is 0. The number of hydrogen-bond donors (Lipinski definition) is 0. The van der Waals surface area contributed by atoms with Crippen LogP contribution in [0.4, 0.5) is 0 Å². The SMILES string of the molecule is CC1=C(C)C(C)(C)c2c1ccc1c2sc2c3ccccc3n(-c3cccc4ccccc34)c12. The summed E-state index contributed by atoms with van der Waals surface area (Å²) < 4.78 is 5.34. The normalized spacial score (nSPS) is 15.4. The lowest BCUT2D eigenvalue weighted by molar-refractivity contribution is 0.645. The number of rotatable bonds is 1. The maximum Gasteiger partial charge on any atom is 0.0728 e. The third kappa shape index (κ3) is 2.32. The topological polar surface area (TPSA) is 4.93 Å². The highest BCUT2D eigenvalue weighted by Crippen LogP contribution is 2.53. The van der Waals surface area contributed by atoms with E-state index in [4.69, 9.17) is 0 Å². The predicted molar refractivity (Wildman–Crippen MR) is 145 cm³/mol. The molecule has 0 aliphatic heterocycles. The van der Waals surface area contributed by atoms with Gasteiger partial charge in [0.1, 0.15) is 0 Å². The number of benzene rings is 4. The van der Waals surface area contributed by atoms with Gasteiger partial charge in [-0.05, 0) is 48.1 Å². The molecule has 0 amide bonds. The van der Waals surface area contributed by atoms with Gasteiger partial charge in [0, 0.05) is 26.3 Å². The van der Waals surface area contributed by atoms with Crippen molar-refractivity contribution >= 4 is 58.9 Å². The molecule has 0 unspecified atom stereocenters. The Morgan fingerprint density at radius 1 is 0.697 bits per heavy atom. The van der Waals surface area contributed by atoms with Crippen LogP contribution in [0.25, 0.3) is 53.2 Å². The lowest BCUT2D eigenvalue weighted by Gasteiger charge is -2.23. The lowest BCUT2D eigenvalue weighted by Crippen LogP contribution is -2.15. The number of aromatic nitrogens is 1. The molecular formula is C31H25NS. The van der Waals surface area contributed by atoms with E-state index in [-0.39, 0.29) is 5.41 Å². The van der Waals surface area contributed by atoms with E-state index in [0.29, 0.717) is 0 Å². The van der Waals surface area contributed by atoms with Gasteiger partial charge >= 0.3 is 0 Å². The fraction of sp³-hybridized carbons (Fsp3) is 0.161. The zero-order chi connectivity index (χ0) is 22.5. The van der Waals surface area contributed by atoms with Crippen LogP contribution in [0.15, 0.2) is 84.4 Å². The van der Waals surface area contributed by atoms with Crippen molar-refractivity contribution in [3.8, 4) is 5.69 Å². The second kappa shape index (κ2) is 6.36. The van der Waals surface area contributed by atoms with E-state index in [1.807, 2.05) is 11.3 Å². The molecule has 160 valence electrons. The van der Waals surface area contributed by atoms with Crippen molar-refractivity contribution in [2.75, 3.05) is 0 Å². The summed E-state index contributed by atoms with van der Waals surface area (Å²) in [4.78, 5) is 0. The van der Waals surface area contributed by atoms with E-state index in [9.17, 15) is 0 Å². The number of para-hydroxylation sites is 1. The van der Waals surface area contributed by atoms with Crippen LogP contribution < -0.4 is 0 Å². The van der Waals surface area contributed by atoms with E-state index in [0.717, 1.165) is 0 Å². The molecule has 2 heteroatoms. The van der Waals surface area contributed by atoms with Crippen LogP contribution in [0.1, 0.15) is 38.8 Å². The number of thiophene rings is 1. The molecule has 1 aliphatic carbocycles. The van der Waals surface area contributed by atoms with Crippen LogP contribution in [0.3, 0.4) is 0 Å². The van der Waals surface area contributed by atoms with Crippen molar-refractivity contribution in [2.45, 2.75) is 33.1 Å². The fourth-order valence-electron chi connectivity index (χ4n) is 5.98. The monoisotopic (exact) mass is 443 g/mol. The molecule has 0 radical (unpaired) electrons. The second-order valence-electron chi connectivity index (χ2n) is 9.87. The Morgan fingerprint density at radius 3 is 2.27 bits per heavy atom. The maximum absolute atomic E-state index is 2.51. The number of fused-ring (bicyclic) bond motifs is 8. The van der Waals surface area contributed by atoms with Gasteiger partial charge in [0.05, 0.1) is 21.4 Å². The molecular weight excluding hydrogens is 418 g/mol. The summed E-state index contributed by atoms with van der Waals surface area (Å²) in [6, 6.07) is 29.0. The molecule has 2 aromatic heterocycles. The molecule has 7 rings (SSSR count). The number of hydrogen-bond acceptors (Lipinski definition) is 1. The minimum atomic E-state index is 0.0569. The van der Waals surface area contributed by atoms with Gasteiger partial charge in [0.25, 0.3) is 0 Å². The first-order chi connectivity index (χ1) is 16.0. The lowest BCUT2D eigenvalue weighted by atomic mass is 9.81. The molecule has 0 atom stereocenters. The van der Waals surface area contributed by atoms with Crippen LogP contribution in [-0.2, 0) is 5.41 Å². The molecule has 2 heterocycles. The Balaban J connectivity index is 1.69. The van der Waals surface area contributed by atoms with Gasteiger partial charge in [-0.2, -0.15) is 0 Å². The molecule has 0 spiro atoms. The highest BCUT2D eigenvalue weighted by Gasteiger charge is 2.36. The third-order valence-corrected chi connectivity index (χ3v) is 9.23. The van der Waals surface area contributed by atoms with Crippen molar-refractivity contribution in [2.24, 2.45) is 0 Å². The molecule has 0 bridgehead atoms. The maximum atomic E-state index is 2.51. The summed E-state index contributed by atoms with van der Waals surface area (Å²) in [6.45, 7) is 9.37. The Kier molecular flexibility index (Phi) is 3.69. The van der Waals surface area contributed by atoms with Crippen molar-refractivity contribution in [1.29, 1.82) is 0 Å². The van der Waals surface area contributed by atoms with Crippen LogP contribution in [0, 0.1) is 0 Å². The highest BCUT2D eigenvalue weighted by atomic mass is 32.1. The summed E-state index contributed by atoms with van der Waals surface area (Å²) in [5.74, 6) is 0. The molecule has 0 N–H and O–H groups in total. The first-order valence-corrected chi connectivity index (χ1v) is 12.5. The number of allylic oxidation sites excluding steroid dienone is 2. The van der Waals surface area contributed by atoms with Gasteiger partial charge in [0.2, 0.25) is 0 Å². The largest absolute Gasteiger partial charge is 0.307 e. The molecule has 0 fully saturated rings. The van der Waals surface area contributed by atoms with Gasteiger partial charge in [-0.25, -0.2) is 0 Å². The van der Waals surface area contributed by atoms with Gasteiger partial charge in [0.15, 0.2) is 0 Å². The molecule has 0 saturated heterocycles. The van der Waals surface area contributed by atoms with Crippen LogP contribution in [0.5, 0.6) is 0 Å². The summed E-state index contributed by atoms with van der Waals surface area (Å²) in [5.41, 5.74) is 9.79. The molecule has 33 heavy (non-hydrogen) atoms. The predicted octanol–water partition coefficient (Wildman–Crippen LogP) is 9.24. The Morgan fingerprint density at radius 2 is 1.42 bits per heavy atom. The van der Waals surface area contributed by atoms with Crippen molar-refractivity contribution in [3.05, 3.63) is 95.6 Å². The van der Waals surface area contributed by atoms with E-state index in [1.54, 1.807) is 0 Å². The zero-order valence-electron chi connectivity index (χ0n) is 19.4. The van der Waals surface area contributed by atoms with Gasteiger partial charge in [-0.15, -0.1) is 11.3 Å².